The number of imide groups is 1. The zero-order chi connectivity index (χ0) is 15.7. The van der Waals surface area contributed by atoms with Crippen LogP contribution >= 0.6 is 24.2 Å². The van der Waals surface area contributed by atoms with Crippen LogP contribution in [0.15, 0.2) is 0 Å². The monoisotopic (exact) mass is 361 g/mol. The third-order valence-electron chi connectivity index (χ3n) is 5.26. The summed E-state index contributed by atoms with van der Waals surface area (Å²) in [5.74, 6) is 1.09. The number of thioether (sulfide) groups is 1. The Morgan fingerprint density at radius 2 is 1.91 bits per heavy atom. The number of fused-ring (bicyclic) bond motifs is 2. The van der Waals surface area contributed by atoms with Crippen LogP contribution in [0.3, 0.4) is 0 Å². The number of rotatable bonds is 4. The van der Waals surface area contributed by atoms with Crippen molar-refractivity contribution in [3.05, 3.63) is 0 Å². The van der Waals surface area contributed by atoms with Crippen LogP contribution in [0.4, 0.5) is 4.79 Å². The molecule has 8 heteroatoms. The fraction of sp³-hybridized carbons (Fsp3) is 0.800. The number of nitrogens with zero attached hydrogens (tertiary/aromatic N) is 1. The standard InChI is InChI=1S/C15H23N3O3S.ClH/c16-13-9-2-1-3-10(13)7-11(6-9)14(20)17-4-5-18-12(19)8-22-15(18)21;/h9-11,13H,1-8,16H2,(H,17,20);1H. The fourth-order valence-corrected chi connectivity index (χ4v) is 4.79. The molecule has 0 spiro atoms. The molecule has 0 aromatic heterocycles. The molecule has 2 aliphatic carbocycles. The quantitative estimate of drug-likeness (QED) is 0.789. The van der Waals surface area contributed by atoms with Crippen molar-refractivity contribution in [2.75, 3.05) is 18.8 Å². The highest BCUT2D eigenvalue weighted by Crippen LogP contribution is 2.41. The van der Waals surface area contributed by atoms with Gasteiger partial charge in [0, 0.05) is 25.0 Å². The minimum atomic E-state index is -0.211. The lowest BCUT2D eigenvalue weighted by atomic mass is 9.65. The molecule has 2 saturated carbocycles. The van der Waals surface area contributed by atoms with Gasteiger partial charge in [0.05, 0.1) is 5.75 Å². The molecule has 2 unspecified atom stereocenters. The summed E-state index contributed by atoms with van der Waals surface area (Å²) in [7, 11) is 0. The zero-order valence-corrected chi connectivity index (χ0v) is 14.7. The summed E-state index contributed by atoms with van der Waals surface area (Å²) in [5.41, 5.74) is 6.24. The van der Waals surface area contributed by atoms with Gasteiger partial charge in [-0.2, -0.15) is 0 Å². The number of hydrogen-bond acceptors (Lipinski definition) is 5. The van der Waals surface area contributed by atoms with Gasteiger partial charge in [-0.05, 0) is 37.5 Å². The number of carbonyl (C=O) groups is 3. The summed E-state index contributed by atoms with van der Waals surface area (Å²) in [6.45, 7) is 0.615. The van der Waals surface area contributed by atoms with E-state index in [9.17, 15) is 14.4 Å². The van der Waals surface area contributed by atoms with Crippen LogP contribution in [-0.2, 0) is 9.59 Å². The van der Waals surface area contributed by atoms with Gasteiger partial charge >= 0.3 is 0 Å². The van der Waals surface area contributed by atoms with E-state index in [1.807, 2.05) is 0 Å². The maximum atomic E-state index is 12.3. The lowest BCUT2D eigenvalue weighted by Gasteiger charge is -2.43. The van der Waals surface area contributed by atoms with Gasteiger partial charge in [-0.25, -0.2) is 0 Å². The summed E-state index contributed by atoms with van der Waals surface area (Å²) >= 11 is 1.02. The number of amides is 3. The van der Waals surface area contributed by atoms with Gasteiger partial charge in [0.2, 0.25) is 11.8 Å². The number of nitrogens with two attached hydrogens (primary N) is 1. The minimum Gasteiger partial charge on any atom is -0.354 e. The number of carbonyl (C=O) groups excluding carboxylic acids is 3. The van der Waals surface area contributed by atoms with Crippen molar-refractivity contribution in [3.63, 3.8) is 0 Å². The summed E-state index contributed by atoms with van der Waals surface area (Å²) in [4.78, 5) is 36.5. The van der Waals surface area contributed by atoms with Crippen molar-refractivity contribution in [2.45, 2.75) is 38.1 Å². The SMILES string of the molecule is Cl.NC1C2CCCC1CC(C(=O)NCCN1C(=O)CSC1=O)C2. The van der Waals surface area contributed by atoms with Crippen LogP contribution < -0.4 is 11.1 Å². The van der Waals surface area contributed by atoms with Crippen molar-refractivity contribution >= 4 is 41.2 Å². The molecule has 0 aromatic carbocycles. The number of nitrogens with one attached hydrogen (secondary N) is 1. The van der Waals surface area contributed by atoms with Gasteiger partial charge in [0.1, 0.15) is 0 Å². The minimum absolute atomic E-state index is 0. The molecule has 130 valence electrons. The van der Waals surface area contributed by atoms with Crippen molar-refractivity contribution in [1.29, 1.82) is 0 Å². The molecular formula is C15H24ClN3O3S. The van der Waals surface area contributed by atoms with Crippen molar-refractivity contribution in [1.82, 2.24) is 10.2 Å². The Bertz CT molecular complexity index is 461. The zero-order valence-electron chi connectivity index (χ0n) is 13.0. The number of hydrogen-bond donors (Lipinski definition) is 2. The second-order valence-electron chi connectivity index (χ2n) is 6.59. The number of halogens is 1. The first-order chi connectivity index (χ1) is 10.6. The summed E-state index contributed by atoms with van der Waals surface area (Å²) < 4.78 is 0. The molecule has 6 nitrogen and oxygen atoms in total. The molecule has 0 radical (unpaired) electrons. The molecule has 1 aliphatic heterocycles. The van der Waals surface area contributed by atoms with E-state index in [1.54, 1.807) is 0 Å². The lowest BCUT2D eigenvalue weighted by Crippen LogP contribution is -2.49. The van der Waals surface area contributed by atoms with Crippen LogP contribution in [0.5, 0.6) is 0 Å². The molecule has 3 aliphatic rings. The van der Waals surface area contributed by atoms with E-state index in [-0.39, 0.29) is 53.7 Å². The van der Waals surface area contributed by atoms with Crippen LogP contribution in [0.1, 0.15) is 32.1 Å². The third kappa shape index (κ3) is 4.00. The molecule has 3 fully saturated rings. The van der Waals surface area contributed by atoms with E-state index in [1.165, 1.54) is 11.3 Å². The van der Waals surface area contributed by atoms with Gasteiger partial charge in [-0.1, -0.05) is 18.2 Å². The second kappa shape index (κ2) is 7.85. The topological polar surface area (TPSA) is 92.5 Å². The Labute approximate surface area is 146 Å². The average Bonchev–Trinajstić information content (AvgIpc) is 2.78. The first-order valence-corrected chi connectivity index (χ1v) is 9.05. The second-order valence-corrected chi connectivity index (χ2v) is 7.51. The van der Waals surface area contributed by atoms with Crippen LogP contribution in [0.2, 0.25) is 0 Å². The molecule has 23 heavy (non-hydrogen) atoms. The van der Waals surface area contributed by atoms with E-state index < -0.39 is 0 Å². The van der Waals surface area contributed by atoms with Crippen molar-refractivity contribution < 1.29 is 14.4 Å². The summed E-state index contributed by atoms with van der Waals surface area (Å²) in [6.07, 6.45) is 5.25. The van der Waals surface area contributed by atoms with Crippen LogP contribution in [0, 0.1) is 17.8 Å². The van der Waals surface area contributed by atoms with E-state index in [0.717, 1.165) is 37.4 Å². The summed E-state index contributed by atoms with van der Waals surface area (Å²) in [6, 6.07) is 0.259. The normalized spacial score (nSPS) is 33.3. The predicted molar refractivity (Wildman–Crippen MR) is 91.4 cm³/mol. The highest BCUT2D eigenvalue weighted by molar-refractivity contribution is 8.14. The third-order valence-corrected chi connectivity index (χ3v) is 6.12. The average molecular weight is 362 g/mol. The van der Waals surface area contributed by atoms with E-state index >= 15 is 0 Å². The molecule has 0 aromatic rings. The molecule has 1 heterocycles. The predicted octanol–water partition coefficient (Wildman–Crippen LogP) is 1.37. The molecular weight excluding hydrogens is 338 g/mol. The van der Waals surface area contributed by atoms with Crippen LogP contribution in [0.25, 0.3) is 0 Å². The molecule has 3 amide bonds. The van der Waals surface area contributed by atoms with Gasteiger partial charge in [-0.15, -0.1) is 12.4 Å². The Balaban J connectivity index is 0.00000192. The molecule has 3 rings (SSSR count). The molecule has 2 bridgehead atoms. The van der Waals surface area contributed by atoms with Crippen LogP contribution in [-0.4, -0.2) is 46.8 Å². The lowest BCUT2D eigenvalue weighted by molar-refractivity contribution is -0.129. The Hall–Kier alpha value is -0.790. The molecule has 2 atom stereocenters. The van der Waals surface area contributed by atoms with E-state index in [2.05, 4.69) is 5.32 Å². The molecule has 1 saturated heterocycles. The van der Waals surface area contributed by atoms with Gasteiger partial charge < -0.3 is 11.1 Å². The molecule has 3 N–H and O–H groups in total. The maximum absolute atomic E-state index is 12.3. The summed E-state index contributed by atoms with van der Waals surface area (Å²) in [5, 5.41) is 2.68. The highest BCUT2D eigenvalue weighted by Gasteiger charge is 2.40. The van der Waals surface area contributed by atoms with Gasteiger partial charge in [0.15, 0.2) is 0 Å². The largest absolute Gasteiger partial charge is 0.354 e. The van der Waals surface area contributed by atoms with Crippen molar-refractivity contribution in [2.24, 2.45) is 23.5 Å². The Morgan fingerprint density at radius 3 is 2.48 bits per heavy atom. The first kappa shape index (κ1) is 18.5. The smallest absolute Gasteiger partial charge is 0.288 e. The maximum Gasteiger partial charge on any atom is 0.288 e. The van der Waals surface area contributed by atoms with E-state index in [4.69, 9.17) is 5.73 Å². The van der Waals surface area contributed by atoms with Gasteiger partial charge in [0.25, 0.3) is 5.24 Å². The Morgan fingerprint density at radius 1 is 1.26 bits per heavy atom. The van der Waals surface area contributed by atoms with E-state index in [0.29, 0.717) is 18.4 Å². The fourth-order valence-electron chi connectivity index (χ4n) is 4.04. The Kier molecular flexibility index (Phi) is 6.33. The van der Waals surface area contributed by atoms with Crippen molar-refractivity contribution in [3.8, 4) is 0 Å². The first-order valence-electron chi connectivity index (χ1n) is 8.06. The highest BCUT2D eigenvalue weighted by atomic mass is 35.5. The van der Waals surface area contributed by atoms with Gasteiger partial charge in [-0.3, -0.25) is 19.3 Å².